The van der Waals surface area contributed by atoms with Crippen molar-refractivity contribution in [3.8, 4) is 0 Å². The first kappa shape index (κ1) is 5.14. The molecule has 0 saturated heterocycles. The molecule has 7 heavy (non-hydrogen) atoms. The Morgan fingerprint density at radius 2 is 2.29 bits per heavy atom. The third-order valence-electron chi connectivity index (χ3n) is 1.79. The second-order valence-corrected chi connectivity index (χ2v) is 2.44. The third kappa shape index (κ3) is 1.19. The fourth-order valence-corrected chi connectivity index (χ4v) is 1.06. The van der Waals surface area contributed by atoms with E-state index in [9.17, 15) is 0 Å². The van der Waals surface area contributed by atoms with Crippen LogP contribution in [0, 0.1) is 12.3 Å². The van der Waals surface area contributed by atoms with E-state index in [1.54, 1.807) is 0 Å². The van der Waals surface area contributed by atoms with Gasteiger partial charge in [-0.05, 0) is 18.8 Å². The van der Waals surface area contributed by atoms with Crippen LogP contribution in [0.25, 0.3) is 0 Å². The summed E-state index contributed by atoms with van der Waals surface area (Å²) < 4.78 is 0. The van der Waals surface area contributed by atoms with Crippen molar-refractivity contribution in [3.05, 3.63) is 6.42 Å². The van der Waals surface area contributed by atoms with Crippen LogP contribution in [0.4, 0.5) is 0 Å². The van der Waals surface area contributed by atoms with Crippen LogP contribution in [0.5, 0.6) is 0 Å². The zero-order valence-corrected chi connectivity index (χ0v) is 4.98. The Kier molecular flexibility index (Phi) is 1.72. The molecule has 1 saturated carbocycles. The third-order valence-corrected chi connectivity index (χ3v) is 1.79. The van der Waals surface area contributed by atoms with E-state index in [0.29, 0.717) is 0 Å². The summed E-state index contributed by atoms with van der Waals surface area (Å²) in [5.74, 6) is 1.07. The van der Waals surface area contributed by atoms with Gasteiger partial charge in [0, 0.05) is 0 Å². The molecule has 0 atom stereocenters. The topological polar surface area (TPSA) is 0 Å². The molecule has 41 valence electrons. The molecule has 0 aromatic carbocycles. The Balaban J connectivity index is 1.93. The van der Waals surface area contributed by atoms with Crippen LogP contribution in [0.15, 0.2) is 0 Å². The molecule has 0 spiro atoms. The van der Waals surface area contributed by atoms with Crippen LogP contribution in [0.1, 0.15) is 32.6 Å². The summed E-state index contributed by atoms with van der Waals surface area (Å²) in [6.07, 6.45) is 8.11. The maximum Gasteiger partial charge on any atom is -0.0412 e. The molecular formula is C7H13. The Morgan fingerprint density at radius 1 is 1.57 bits per heavy atom. The van der Waals surface area contributed by atoms with Gasteiger partial charge in [-0.1, -0.05) is 26.2 Å². The van der Waals surface area contributed by atoms with Gasteiger partial charge in [0.1, 0.15) is 0 Å². The normalized spacial score (nSPS) is 21.9. The van der Waals surface area contributed by atoms with Gasteiger partial charge in [0.25, 0.3) is 0 Å². The van der Waals surface area contributed by atoms with E-state index in [1.165, 1.54) is 25.7 Å². The second-order valence-electron chi connectivity index (χ2n) is 2.44. The van der Waals surface area contributed by atoms with Gasteiger partial charge in [0.2, 0.25) is 0 Å². The first-order valence-corrected chi connectivity index (χ1v) is 3.21. The van der Waals surface area contributed by atoms with Crippen LogP contribution in [-0.2, 0) is 0 Å². The molecule has 1 aliphatic rings. The SMILES string of the molecule is C[CH]CC1CCC1. The number of rotatable bonds is 2. The van der Waals surface area contributed by atoms with Crippen molar-refractivity contribution in [2.75, 3.05) is 0 Å². The Labute approximate surface area is 45.9 Å². The number of hydrogen-bond donors (Lipinski definition) is 0. The summed E-state index contributed by atoms with van der Waals surface area (Å²) in [6, 6.07) is 0. The van der Waals surface area contributed by atoms with E-state index in [2.05, 4.69) is 13.3 Å². The van der Waals surface area contributed by atoms with Gasteiger partial charge >= 0.3 is 0 Å². The molecule has 0 unspecified atom stereocenters. The van der Waals surface area contributed by atoms with Crippen molar-refractivity contribution in [1.82, 2.24) is 0 Å². The molecule has 0 aromatic heterocycles. The fourth-order valence-electron chi connectivity index (χ4n) is 1.06. The second kappa shape index (κ2) is 2.34. The van der Waals surface area contributed by atoms with Gasteiger partial charge in [-0.15, -0.1) is 0 Å². The van der Waals surface area contributed by atoms with Crippen molar-refractivity contribution in [2.45, 2.75) is 32.6 Å². The summed E-state index contributed by atoms with van der Waals surface area (Å²) >= 11 is 0. The molecule has 1 fully saturated rings. The minimum Gasteiger partial charge on any atom is -0.0622 e. The molecule has 0 bridgehead atoms. The molecule has 0 heterocycles. The van der Waals surface area contributed by atoms with Crippen LogP contribution < -0.4 is 0 Å². The molecule has 0 nitrogen and oxygen atoms in total. The lowest BCUT2D eigenvalue weighted by atomic mass is 9.82. The highest BCUT2D eigenvalue weighted by Crippen LogP contribution is 2.29. The highest BCUT2D eigenvalue weighted by Gasteiger charge is 2.14. The van der Waals surface area contributed by atoms with Gasteiger partial charge in [-0.2, -0.15) is 0 Å². The lowest BCUT2D eigenvalue weighted by molar-refractivity contribution is 0.312. The molecule has 1 aliphatic carbocycles. The van der Waals surface area contributed by atoms with E-state index in [0.717, 1.165) is 5.92 Å². The average Bonchev–Trinajstić information content (AvgIpc) is 1.55. The van der Waals surface area contributed by atoms with E-state index in [1.807, 2.05) is 0 Å². The maximum atomic E-state index is 2.28. The van der Waals surface area contributed by atoms with Crippen LogP contribution in [-0.4, -0.2) is 0 Å². The first-order valence-electron chi connectivity index (χ1n) is 3.21. The van der Waals surface area contributed by atoms with Crippen LogP contribution in [0.2, 0.25) is 0 Å². The Bertz CT molecular complexity index is 44.0. The van der Waals surface area contributed by atoms with E-state index >= 15 is 0 Å². The Hall–Kier alpha value is 0. The molecule has 1 rings (SSSR count). The van der Waals surface area contributed by atoms with Crippen molar-refractivity contribution in [3.63, 3.8) is 0 Å². The van der Waals surface area contributed by atoms with Crippen molar-refractivity contribution in [2.24, 2.45) is 5.92 Å². The Morgan fingerprint density at radius 3 is 2.43 bits per heavy atom. The van der Waals surface area contributed by atoms with Crippen molar-refractivity contribution >= 4 is 0 Å². The minimum absolute atomic E-state index is 1.07. The van der Waals surface area contributed by atoms with E-state index < -0.39 is 0 Å². The molecule has 0 amide bonds. The quantitative estimate of drug-likeness (QED) is 0.496. The molecule has 0 N–H and O–H groups in total. The average molecular weight is 97.2 g/mol. The summed E-state index contributed by atoms with van der Waals surface area (Å²) in [5, 5.41) is 0. The van der Waals surface area contributed by atoms with E-state index in [-0.39, 0.29) is 0 Å². The summed E-state index contributed by atoms with van der Waals surface area (Å²) in [5.41, 5.74) is 0. The highest BCUT2D eigenvalue weighted by molar-refractivity contribution is 4.73. The predicted molar refractivity (Wildman–Crippen MR) is 31.9 cm³/mol. The van der Waals surface area contributed by atoms with Crippen molar-refractivity contribution in [1.29, 1.82) is 0 Å². The van der Waals surface area contributed by atoms with Crippen molar-refractivity contribution < 1.29 is 0 Å². The van der Waals surface area contributed by atoms with Crippen LogP contribution >= 0.6 is 0 Å². The maximum absolute atomic E-state index is 2.28. The highest BCUT2D eigenvalue weighted by atomic mass is 14.2. The zero-order valence-electron chi connectivity index (χ0n) is 4.98. The number of hydrogen-bond acceptors (Lipinski definition) is 0. The predicted octanol–water partition coefficient (Wildman–Crippen LogP) is 2.40. The molecular weight excluding hydrogens is 84.1 g/mol. The van der Waals surface area contributed by atoms with Gasteiger partial charge in [-0.25, -0.2) is 0 Å². The van der Waals surface area contributed by atoms with Gasteiger partial charge in [-0.3, -0.25) is 0 Å². The van der Waals surface area contributed by atoms with Gasteiger partial charge in [0.05, 0.1) is 0 Å². The van der Waals surface area contributed by atoms with Gasteiger partial charge in [0.15, 0.2) is 0 Å². The molecule has 1 radical (unpaired) electrons. The lowest BCUT2D eigenvalue weighted by Gasteiger charge is -2.24. The monoisotopic (exact) mass is 97.1 g/mol. The summed E-state index contributed by atoms with van der Waals surface area (Å²) in [7, 11) is 0. The standard InChI is InChI=1S/C7H13/c1-2-4-7-5-3-6-7/h2,7H,3-6H2,1H3. The smallest absolute Gasteiger partial charge is 0.0412 e. The lowest BCUT2D eigenvalue weighted by Crippen LogP contribution is -2.09. The first-order chi connectivity index (χ1) is 3.43. The molecule has 0 aromatic rings. The summed E-state index contributed by atoms with van der Waals surface area (Å²) in [6.45, 7) is 2.15. The molecule has 0 heteroatoms. The van der Waals surface area contributed by atoms with Crippen LogP contribution in [0.3, 0.4) is 0 Å². The summed E-state index contributed by atoms with van der Waals surface area (Å²) in [4.78, 5) is 0. The fraction of sp³-hybridized carbons (Fsp3) is 0.857. The minimum atomic E-state index is 1.07. The zero-order chi connectivity index (χ0) is 5.11. The molecule has 0 aliphatic heterocycles. The largest absolute Gasteiger partial charge is 0.0622 e. The van der Waals surface area contributed by atoms with Gasteiger partial charge < -0.3 is 0 Å². The van der Waals surface area contributed by atoms with E-state index in [4.69, 9.17) is 0 Å².